The Morgan fingerprint density at radius 1 is 0.278 bits per heavy atom. The van der Waals surface area contributed by atoms with E-state index in [0.29, 0.717) is 19.3 Å². The van der Waals surface area contributed by atoms with Gasteiger partial charge in [0.1, 0.15) is 13.2 Å². The lowest BCUT2D eigenvalue weighted by molar-refractivity contribution is -0.167. The first-order valence-electron chi connectivity index (χ1n) is 32.3. The maximum Gasteiger partial charge on any atom is 0.306 e. The summed E-state index contributed by atoms with van der Waals surface area (Å²) in [5, 5.41) is 0. The normalized spacial score (nSPS) is 12.1. The van der Waals surface area contributed by atoms with Crippen LogP contribution in [0.15, 0.2) is 24.3 Å². The van der Waals surface area contributed by atoms with Crippen molar-refractivity contribution in [1.29, 1.82) is 0 Å². The number of unbranched alkanes of at least 4 members (excludes halogenated alkanes) is 45. The van der Waals surface area contributed by atoms with E-state index in [1.807, 2.05) is 0 Å². The Balaban J connectivity index is 4.19. The lowest BCUT2D eigenvalue weighted by atomic mass is 10.0. The van der Waals surface area contributed by atoms with Crippen LogP contribution in [0.3, 0.4) is 0 Å². The van der Waals surface area contributed by atoms with Gasteiger partial charge in [0, 0.05) is 19.3 Å². The minimum Gasteiger partial charge on any atom is -0.462 e. The van der Waals surface area contributed by atoms with Crippen LogP contribution >= 0.6 is 0 Å². The fourth-order valence-corrected chi connectivity index (χ4v) is 9.83. The van der Waals surface area contributed by atoms with Gasteiger partial charge in [-0.3, -0.25) is 14.4 Å². The highest BCUT2D eigenvalue weighted by Crippen LogP contribution is 2.18. The van der Waals surface area contributed by atoms with Crippen molar-refractivity contribution in [2.45, 2.75) is 367 Å². The van der Waals surface area contributed by atoms with Crippen LogP contribution < -0.4 is 0 Å². The molecular weight excluding hydrogens is 889 g/mol. The maximum absolute atomic E-state index is 12.9. The molecule has 0 amide bonds. The van der Waals surface area contributed by atoms with Gasteiger partial charge < -0.3 is 14.2 Å². The zero-order valence-electron chi connectivity index (χ0n) is 48.7. The first kappa shape index (κ1) is 69.9. The van der Waals surface area contributed by atoms with Crippen molar-refractivity contribution in [3.8, 4) is 0 Å². The number of ether oxygens (including phenoxy) is 3. The molecule has 1 atom stereocenters. The predicted octanol–water partition coefficient (Wildman–Crippen LogP) is 21.8. The molecule has 0 radical (unpaired) electrons. The largest absolute Gasteiger partial charge is 0.462 e. The third-order valence-electron chi connectivity index (χ3n) is 14.7. The van der Waals surface area contributed by atoms with Crippen molar-refractivity contribution in [2.24, 2.45) is 0 Å². The van der Waals surface area contributed by atoms with Gasteiger partial charge in [-0.1, -0.05) is 315 Å². The number of hydrogen-bond donors (Lipinski definition) is 0. The topological polar surface area (TPSA) is 78.9 Å². The number of carbonyl (C=O) groups excluding carboxylic acids is 3. The summed E-state index contributed by atoms with van der Waals surface area (Å²) < 4.78 is 16.9. The fourth-order valence-electron chi connectivity index (χ4n) is 9.83. The number of carbonyl (C=O) groups is 3. The van der Waals surface area contributed by atoms with Crippen LogP contribution in [0.25, 0.3) is 0 Å². The molecular formula is C66H124O6. The second kappa shape index (κ2) is 61.4. The average molecular weight is 1010 g/mol. The molecule has 0 fully saturated rings. The SMILES string of the molecule is CCCCCCC/C=C\C/C=C\CCCCCCCCCCCCCC(=O)OCC(COC(=O)CCCCCCCCCCCC)OC(=O)CCCCCCCCCCCCCCCCCCCCCCC. The molecule has 0 aromatic carbocycles. The molecule has 0 spiro atoms. The van der Waals surface area contributed by atoms with Gasteiger partial charge in [0.15, 0.2) is 6.10 Å². The van der Waals surface area contributed by atoms with Crippen LogP contribution in [0.1, 0.15) is 361 Å². The monoisotopic (exact) mass is 1010 g/mol. The van der Waals surface area contributed by atoms with E-state index in [1.165, 1.54) is 257 Å². The van der Waals surface area contributed by atoms with Crippen molar-refractivity contribution in [3.63, 3.8) is 0 Å². The Kier molecular flexibility index (Phi) is 59.6. The molecule has 0 heterocycles. The molecule has 0 saturated heterocycles. The van der Waals surface area contributed by atoms with Gasteiger partial charge in [-0.25, -0.2) is 0 Å². The van der Waals surface area contributed by atoms with E-state index in [9.17, 15) is 14.4 Å². The van der Waals surface area contributed by atoms with Gasteiger partial charge in [-0.15, -0.1) is 0 Å². The predicted molar refractivity (Wildman–Crippen MR) is 312 cm³/mol. The zero-order valence-corrected chi connectivity index (χ0v) is 48.7. The quantitative estimate of drug-likeness (QED) is 0.0261. The van der Waals surface area contributed by atoms with Crippen molar-refractivity contribution in [3.05, 3.63) is 24.3 Å². The van der Waals surface area contributed by atoms with Gasteiger partial charge in [0.25, 0.3) is 0 Å². The molecule has 0 aromatic rings. The van der Waals surface area contributed by atoms with Crippen LogP contribution in [0.2, 0.25) is 0 Å². The Morgan fingerprint density at radius 2 is 0.500 bits per heavy atom. The summed E-state index contributed by atoms with van der Waals surface area (Å²) in [5.41, 5.74) is 0. The van der Waals surface area contributed by atoms with E-state index in [4.69, 9.17) is 14.2 Å². The molecule has 0 bridgehead atoms. The molecule has 1 unspecified atom stereocenters. The summed E-state index contributed by atoms with van der Waals surface area (Å²) >= 11 is 0. The first-order chi connectivity index (χ1) is 35.5. The third kappa shape index (κ3) is 58.8. The van der Waals surface area contributed by atoms with Crippen LogP contribution in [-0.2, 0) is 28.6 Å². The van der Waals surface area contributed by atoms with Gasteiger partial charge >= 0.3 is 17.9 Å². The van der Waals surface area contributed by atoms with E-state index < -0.39 is 6.10 Å². The Labute approximate surface area is 449 Å². The van der Waals surface area contributed by atoms with Crippen LogP contribution in [0.4, 0.5) is 0 Å². The van der Waals surface area contributed by atoms with E-state index in [1.54, 1.807) is 0 Å². The Bertz CT molecular complexity index is 1160. The van der Waals surface area contributed by atoms with E-state index >= 15 is 0 Å². The summed E-state index contributed by atoms with van der Waals surface area (Å²) in [6, 6.07) is 0. The summed E-state index contributed by atoms with van der Waals surface area (Å²) in [7, 11) is 0. The van der Waals surface area contributed by atoms with Crippen LogP contribution in [0.5, 0.6) is 0 Å². The molecule has 424 valence electrons. The van der Waals surface area contributed by atoms with E-state index in [2.05, 4.69) is 45.1 Å². The minimum absolute atomic E-state index is 0.0658. The number of esters is 3. The number of allylic oxidation sites excluding steroid dienone is 4. The van der Waals surface area contributed by atoms with Gasteiger partial charge in [0.2, 0.25) is 0 Å². The molecule has 0 rings (SSSR count). The second-order valence-corrected chi connectivity index (χ2v) is 22.0. The molecule has 72 heavy (non-hydrogen) atoms. The van der Waals surface area contributed by atoms with Gasteiger partial charge in [-0.2, -0.15) is 0 Å². The van der Waals surface area contributed by atoms with E-state index in [0.717, 1.165) is 64.2 Å². The standard InChI is InChI=1S/C66H124O6/c1-4-7-10-13-16-19-22-24-26-28-30-32-33-35-36-38-40-42-44-47-50-53-56-59-65(68)71-62-63(61-70-64(67)58-55-52-49-46-21-18-15-12-9-6-3)72-66(69)60-57-54-51-48-45-43-41-39-37-34-31-29-27-25-23-20-17-14-11-8-5-2/h22,24,28,30,63H,4-21,23,25-27,29,31-62H2,1-3H3/b24-22-,30-28-. The maximum atomic E-state index is 12.9. The molecule has 0 aliphatic heterocycles. The molecule has 0 aliphatic carbocycles. The number of hydrogen-bond acceptors (Lipinski definition) is 6. The highest BCUT2D eigenvalue weighted by atomic mass is 16.6. The van der Waals surface area contributed by atoms with E-state index in [-0.39, 0.29) is 31.1 Å². The highest BCUT2D eigenvalue weighted by molar-refractivity contribution is 5.71. The summed E-state index contributed by atoms with van der Waals surface area (Å²) in [5.74, 6) is -0.843. The van der Waals surface area contributed by atoms with Crippen molar-refractivity contribution in [1.82, 2.24) is 0 Å². The van der Waals surface area contributed by atoms with Crippen molar-refractivity contribution >= 4 is 17.9 Å². The zero-order chi connectivity index (χ0) is 52.2. The van der Waals surface area contributed by atoms with Gasteiger partial charge in [0.05, 0.1) is 0 Å². The third-order valence-corrected chi connectivity index (χ3v) is 14.7. The molecule has 6 nitrogen and oxygen atoms in total. The van der Waals surface area contributed by atoms with Crippen molar-refractivity contribution < 1.29 is 28.6 Å². The summed E-state index contributed by atoms with van der Waals surface area (Å²) in [6.45, 7) is 6.68. The second-order valence-electron chi connectivity index (χ2n) is 22.0. The summed E-state index contributed by atoms with van der Waals surface area (Å²) in [4.78, 5) is 38.2. The van der Waals surface area contributed by atoms with Crippen LogP contribution in [-0.4, -0.2) is 37.2 Å². The smallest absolute Gasteiger partial charge is 0.306 e. The van der Waals surface area contributed by atoms with Crippen molar-refractivity contribution in [2.75, 3.05) is 13.2 Å². The Hall–Kier alpha value is -2.11. The average Bonchev–Trinajstić information content (AvgIpc) is 3.38. The summed E-state index contributed by atoms with van der Waals surface area (Å²) in [6.07, 6.45) is 73.4. The lowest BCUT2D eigenvalue weighted by Gasteiger charge is -2.18. The lowest BCUT2D eigenvalue weighted by Crippen LogP contribution is -2.30. The molecule has 0 N–H and O–H groups in total. The molecule has 0 aliphatic rings. The van der Waals surface area contributed by atoms with Gasteiger partial charge in [-0.05, 0) is 51.4 Å². The fraction of sp³-hybridized carbons (Fsp3) is 0.894. The van der Waals surface area contributed by atoms with Crippen LogP contribution in [0, 0.1) is 0 Å². The first-order valence-corrected chi connectivity index (χ1v) is 32.3. The number of rotatable bonds is 60. The molecule has 6 heteroatoms. The minimum atomic E-state index is -0.767. The highest BCUT2D eigenvalue weighted by Gasteiger charge is 2.19. The molecule has 0 aromatic heterocycles. The Morgan fingerprint density at radius 3 is 0.764 bits per heavy atom. The molecule has 0 saturated carbocycles.